The van der Waals surface area contributed by atoms with Crippen molar-refractivity contribution in [3.05, 3.63) is 71.1 Å². The summed E-state index contributed by atoms with van der Waals surface area (Å²) in [4.78, 5) is 3.59. The molecule has 0 saturated carbocycles. The van der Waals surface area contributed by atoms with Crippen molar-refractivity contribution in [1.29, 1.82) is 0 Å². The van der Waals surface area contributed by atoms with Crippen LogP contribution >= 0.6 is 0 Å². The molecule has 24 heavy (non-hydrogen) atoms. The van der Waals surface area contributed by atoms with Crippen LogP contribution in [0.3, 0.4) is 0 Å². The molecule has 0 N–H and O–H groups in total. The lowest BCUT2D eigenvalue weighted by Gasteiger charge is -2.12. The largest absolute Gasteiger partial charge is 0.261 e. The van der Waals surface area contributed by atoms with E-state index in [1.165, 1.54) is 0 Å². The second-order valence-corrected chi connectivity index (χ2v) is 7.65. The first-order chi connectivity index (χ1) is 11.3. The molecule has 3 nitrogen and oxygen atoms in total. The normalized spacial score (nSPS) is 14.5. The van der Waals surface area contributed by atoms with Crippen LogP contribution in [-0.4, -0.2) is 19.7 Å². The SMILES string of the molecule is Cc1ncccc1C1=C(c2cc(F)c(S(C)(=O)=O)cc2F)CC=C1. The third-order valence-electron chi connectivity index (χ3n) is 3.97. The Bertz CT molecular complexity index is 992. The maximum absolute atomic E-state index is 14.5. The molecule has 0 atom stereocenters. The van der Waals surface area contributed by atoms with Crippen molar-refractivity contribution in [3.8, 4) is 0 Å². The van der Waals surface area contributed by atoms with E-state index in [2.05, 4.69) is 4.98 Å². The van der Waals surface area contributed by atoms with E-state index in [1.54, 1.807) is 12.3 Å². The summed E-state index contributed by atoms with van der Waals surface area (Å²) >= 11 is 0. The van der Waals surface area contributed by atoms with Gasteiger partial charge in [-0.25, -0.2) is 17.2 Å². The lowest BCUT2D eigenvalue weighted by molar-refractivity contribution is 0.554. The third-order valence-corrected chi connectivity index (χ3v) is 5.09. The topological polar surface area (TPSA) is 47.0 Å². The molecule has 124 valence electrons. The van der Waals surface area contributed by atoms with Gasteiger partial charge in [0.2, 0.25) is 0 Å². The number of nitrogens with zero attached hydrogens (tertiary/aromatic N) is 1. The number of sulfone groups is 1. The van der Waals surface area contributed by atoms with Gasteiger partial charge in [-0.15, -0.1) is 0 Å². The molecule has 0 aliphatic heterocycles. The number of rotatable bonds is 3. The van der Waals surface area contributed by atoms with Crippen molar-refractivity contribution in [2.75, 3.05) is 6.26 Å². The number of halogens is 2. The summed E-state index contributed by atoms with van der Waals surface area (Å²) < 4.78 is 51.7. The van der Waals surface area contributed by atoms with Crippen molar-refractivity contribution in [1.82, 2.24) is 4.98 Å². The van der Waals surface area contributed by atoms with Gasteiger partial charge < -0.3 is 0 Å². The van der Waals surface area contributed by atoms with Crippen LogP contribution in [0.25, 0.3) is 11.1 Å². The van der Waals surface area contributed by atoms with E-state index in [0.717, 1.165) is 35.2 Å². The zero-order valence-electron chi connectivity index (χ0n) is 13.2. The molecule has 1 aliphatic carbocycles. The Morgan fingerprint density at radius 3 is 2.54 bits per heavy atom. The molecule has 1 aromatic heterocycles. The Kier molecular flexibility index (Phi) is 4.09. The molecule has 0 amide bonds. The van der Waals surface area contributed by atoms with Gasteiger partial charge in [-0.05, 0) is 42.7 Å². The van der Waals surface area contributed by atoms with E-state index < -0.39 is 26.4 Å². The first-order valence-electron chi connectivity index (χ1n) is 7.30. The van der Waals surface area contributed by atoms with E-state index in [9.17, 15) is 17.2 Å². The standard InChI is InChI=1S/C18H15F2NO2S/c1-11-12(7-4-8-21-11)13-5-3-6-14(13)15-9-17(20)18(10-16(15)19)24(2,22)23/h3-5,7-10H,6H2,1-2H3. The first-order valence-corrected chi connectivity index (χ1v) is 9.19. The summed E-state index contributed by atoms with van der Waals surface area (Å²) in [5, 5.41) is 0. The molecule has 2 aromatic rings. The number of aryl methyl sites for hydroxylation is 1. The van der Waals surface area contributed by atoms with Crippen molar-refractivity contribution in [2.45, 2.75) is 18.2 Å². The van der Waals surface area contributed by atoms with Gasteiger partial charge in [-0.3, -0.25) is 4.98 Å². The summed E-state index contributed by atoms with van der Waals surface area (Å²) in [6.07, 6.45) is 6.67. The number of pyridine rings is 1. The minimum absolute atomic E-state index is 0.0724. The summed E-state index contributed by atoms with van der Waals surface area (Å²) in [6, 6.07) is 5.36. The summed E-state index contributed by atoms with van der Waals surface area (Å²) in [5.74, 6) is -1.70. The number of hydrogen-bond donors (Lipinski definition) is 0. The highest BCUT2D eigenvalue weighted by Gasteiger charge is 2.22. The lowest BCUT2D eigenvalue weighted by Crippen LogP contribution is -2.04. The monoisotopic (exact) mass is 347 g/mol. The van der Waals surface area contributed by atoms with E-state index >= 15 is 0 Å². The Morgan fingerprint density at radius 2 is 1.88 bits per heavy atom. The maximum atomic E-state index is 14.5. The summed E-state index contributed by atoms with van der Waals surface area (Å²) in [7, 11) is -3.83. The fraction of sp³-hybridized carbons (Fsp3) is 0.167. The predicted octanol–water partition coefficient (Wildman–Crippen LogP) is 3.94. The fourth-order valence-electron chi connectivity index (χ4n) is 2.83. The highest BCUT2D eigenvalue weighted by molar-refractivity contribution is 7.90. The Labute approximate surface area is 139 Å². The smallest absolute Gasteiger partial charge is 0.178 e. The van der Waals surface area contributed by atoms with Crippen molar-refractivity contribution in [3.63, 3.8) is 0 Å². The van der Waals surface area contributed by atoms with Crippen LogP contribution in [-0.2, 0) is 9.84 Å². The summed E-state index contributed by atoms with van der Waals surface area (Å²) in [6.45, 7) is 1.84. The van der Waals surface area contributed by atoms with E-state index in [-0.39, 0.29) is 5.56 Å². The van der Waals surface area contributed by atoms with E-state index in [0.29, 0.717) is 12.0 Å². The van der Waals surface area contributed by atoms with Gasteiger partial charge in [0.25, 0.3) is 0 Å². The van der Waals surface area contributed by atoms with Gasteiger partial charge in [0, 0.05) is 29.3 Å². The maximum Gasteiger partial charge on any atom is 0.178 e. The molecule has 3 rings (SSSR count). The fourth-order valence-corrected chi connectivity index (χ4v) is 3.56. The van der Waals surface area contributed by atoms with Crippen molar-refractivity contribution in [2.24, 2.45) is 0 Å². The molecular weight excluding hydrogens is 332 g/mol. The van der Waals surface area contributed by atoms with Crippen LogP contribution in [0.1, 0.15) is 23.2 Å². The van der Waals surface area contributed by atoms with E-state index in [1.807, 2.05) is 25.1 Å². The second-order valence-electron chi connectivity index (χ2n) is 5.67. The Morgan fingerprint density at radius 1 is 1.12 bits per heavy atom. The Hall–Kier alpha value is -2.34. The number of hydrogen-bond acceptors (Lipinski definition) is 3. The third kappa shape index (κ3) is 2.89. The van der Waals surface area contributed by atoms with Gasteiger partial charge in [-0.2, -0.15) is 0 Å². The van der Waals surface area contributed by atoms with Gasteiger partial charge in [0.1, 0.15) is 16.5 Å². The number of benzene rings is 1. The molecule has 0 radical (unpaired) electrons. The van der Waals surface area contributed by atoms with Gasteiger partial charge in [0.15, 0.2) is 9.84 Å². The predicted molar refractivity (Wildman–Crippen MR) is 89.0 cm³/mol. The van der Waals surface area contributed by atoms with Crippen LogP contribution < -0.4 is 0 Å². The van der Waals surface area contributed by atoms with Crippen molar-refractivity contribution >= 4 is 21.0 Å². The molecule has 0 saturated heterocycles. The summed E-state index contributed by atoms with van der Waals surface area (Å²) in [5.41, 5.74) is 3.08. The second kappa shape index (κ2) is 5.94. The quantitative estimate of drug-likeness (QED) is 0.845. The molecule has 1 aromatic carbocycles. The molecule has 0 spiro atoms. The zero-order valence-corrected chi connectivity index (χ0v) is 14.0. The molecular formula is C18H15F2NO2S. The molecule has 0 unspecified atom stereocenters. The molecule has 6 heteroatoms. The van der Waals surface area contributed by atoms with Gasteiger partial charge in [-0.1, -0.05) is 18.2 Å². The van der Waals surface area contributed by atoms with Crippen LogP contribution in [0.5, 0.6) is 0 Å². The average molecular weight is 347 g/mol. The molecule has 0 bridgehead atoms. The molecule has 1 aliphatic rings. The molecule has 1 heterocycles. The van der Waals surface area contributed by atoms with Gasteiger partial charge in [0.05, 0.1) is 0 Å². The Balaban J connectivity index is 2.21. The average Bonchev–Trinajstić information content (AvgIpc) is 2.97. The highest BCUT2D eigenvalue weighted by atomic mass is 32.2. The van der Waals surface area contributed by atoms with Crippen molar-refractivity contribution < 1.29 is 17.2 Å². The minimum atomic E-state index is -3.83. The number of aromatic nitrogens is 1. The van der Waals surface area contributed by atoms with Crippen LogP contribution in [0.2, 0.25) is 0 Å². The van der Waals surface area contributed by atoms with Crippen LogP contribution in [0.15, 0.2) is 47.5 Å². The zero-order chi connectivity index (χ0) is 17.5. The highest BCUT2D eigenvalue weighted by Crippen LogP contribution is 2.37. The number of allylic oxidation sites excluding steroid dienone is 4. The minimum Gasteiger partial charge on any atom is -0.261 e. The van der Waals surface area contributed by atoms with Gasteiger partial charge >= 0.3 is 0 Å². The van der Waals surface area contributed by atoms with E-state index in [4.69, 9.17) is 0 Å². The first kappa shape index (κ1) is 16.5. The van der Waals surface area contributed by atoms with Crippen LogP contribution in [0.4, 0.5) is 8.78 Å². The lowest BCUT2D eigenvalue weighted by atomic mass is 9.95. The van der Waals surface area contributed by atoms with Crippen LogP contribution in [0, 0.1) is 18.6 Å². The molecule has 0 fully saturated rings.